The number of fused-ring (bicyclic) bond motifs is 1. The summed E-state index contributed by atoms with van der Waals surface area (Å²) in [4.78, 5) is 36.0. The highest BCUT2D eigenvalue weighted by Crippen LogP contribution is 2.30. The number of halogens is 2. The number of thiazole rings is 1. The minimum absolute atomic E-state index is 0.136. The van der Waals surface area contributed by atoms with Crippen LogP contribution >= 0.6 is 34.4 Å². The van der Waals surface area contributed by atoms with Crippen LogP contribution in [-0.4, -0.2) is 25.7 Å². The summed E-state index contributed by atoms with van der Waals surface area (Å²) in [5.74, 6) is -2.20. The molecule has 3 heterocycles. The average molecular weight is 493 g/mol. The topological polar surface area (TPSA) is 76.9 Å². The van der Waals surface area contributed by atoms with Gasteiger partial charge in [-0.15, -0.1) is 22.7 Å². The third-order valence-electron chi connectivity index (χ3n) is 4.97. The quantitative estimate of drug-likeness (QED) is 0.309. The van der Waals surface area contributed by atoms with Gasteiger partial charge in [-0.05, 0) is 44.5 Å². The fourth-order valence-electron chi connectivity index (χ4n) is 3.00. The molecule has 0 saturated heterocycles. The summed E-state index contributed by atoms with van der Waals surface area (Å²) in [6.07, 6.45) is 0. The van der Waals surface area contributed by atoms with Crippen LogP contribution < -0.4 is 10.9 Å². The number of carbonyl (C=O) groups is 1. The molecule has 1 amide bonds. The number of nitrogens with zero attached hydrogens (tertiary/aromatic N) is 3. The van der Waals surface area contributed by atoms with Gasteiger partial charge in [0.05, 0.1) is 16.3 Å². The van der Waals surface area contributed by atoms with Gasteiger partial charge in [0.2, 0.25) is 5.91 Å². The third-order valence-corrected chi connectivity index (χ3v) is 7.97. The molecule has 1 N–H and O–H groups in total. The van der Waals surface area contributed by atoms with Gasteiger partial charge in [-0.3, -0.25) is 14.2 Å². The first-order valence-corrected chi connectivity index (χ1v) is 12.1. The molecule has 1 atom stereocenters. The summed E-state index contributed by atoms with van der Waals surface area (Å²) in [6.45, 7) is 5.57. The fourth-order valence-corrected chi connectivity index (χ4v) is 5.67. The Hall–Kier alpha value is -2.63. The van der Waals surface area contributed by atoms with E-state index in [4.69, 9.17) is 0 Å². The number of benzene rings is 1. The molecular formula is C21H18F2N4O2S3. The molecule has 3 aromatic heterocycles. The van der Waals surface area contributed by atoms with Crippen LogP contribution in [0.1, 0.15) is 17.4 Å². The lowest BCUT2D eigenvalue weighted by Crippen LogP contribution is -2.25. The zero-order chi connectivity index (χ0) is 23.2. The molecule has 0 aliphatic rings. The smallest absolute Gasteiger partial charge is 0.262 e. The zero-order valence-corrected chi connectivity index (χ0v) is 20.0. The van der Waals surface area contributed by atoms with Crippen LogP contribution in [0.15, 0.2) is 33.5 Å². The lowest BCUT2D eigenvalue weighted by molar-refractivity contribution is -0.115. The summed E-state index contributed by atoms with van der Waals surface area (Å²) in [6, 6.07) is 3.52. The van der Waals surface area contributed by atoms with Crippen LogP contribution in [0, 0.1) is 25.5 Å². The van der Waals surface area contributed by atoms with Gasteiger partial charge in [0.15, 0.2) is 21.9 Å². The molecule has 0 bridgehead atoms. The van der Waals surface area contributed by atoms with Crippen molar-refractivity contribution < 1.29 is 13.6 Å². The summed E-state index contributed by atoms with van der Waals surface area (Å²) >= 11 is 3.82. The maximum absolute atomic E-state index is 13.5. The van der Waals surface area contributed by atoms with Gasteiger partial charge in [0.1, 0.15) is 4.83 Å². The van der Waals surface area contributed by atoms with Crippen LogP contribution in [0.2, 0.25) is 0 Å². The molecule has 4 rings (SSSR count). The standard InChI is InChI=1S/C21H18F2N4O2S3/c1-9-10(2)31-18-16(9)19(29)27(4)21(26-18)32-11(3)17(28)25-20-24-15(8-30-20)12-5-6-13(22)14(23)7-12/h5-8,11H,1-4H3,(H,24,25,28). The Balaban J connectivity index is 1.50. The Labute approximate surface area is 194 Å². The number of nitrogens with one attached hydrogen (secondary N) is 1. The molecule has 0 aliphatic carbocycles. The highest BCUT2D eigenvalue weighted by Gasteiger charge is 2.21. The molecule has 32 heavy (non-hydrogen) atoms. The second-order valence-corrected chi connectivity index (χ2v) is 10.5. The van der Waals surface area contributed by atoms with E-state index in [1.807, 2.05) is 13.8 Å². The number of hydrogen-bond acceptors (Lipinski definition) is 7. The molecule has 4 aromatic rings. The highest BCUT2D eigenvalue weighted by molar-refractivity contribution is 8.00. The summed E-state index contributed by atoms with van der Waals surface area (Å²) in [5, 5.41) is 5.23. The van der Waals surface area contributed by atoms with E-state index < -0.39 is 16.9 Å². The van der Waals surface area contributed by atoms with Gasteiger partial charge in [0.25, 0.3) is 5.56 Å². The Morgan fingerprint density at radius 2 is 1.97 bits per heavy atom. The number of aromatic nitrogens is 3. The summed E-state index contributed by atoms with van der Waals surface area (Å²) in [7, 11) is 1.64. The maximum atomic E-state index is 13.5. The van der Waals surface area contributed by atoms with Gasteiger partial charge in [-0.25, -0.2) is 18.7 Å². The molecule has 0 fully saturated rings. The van der Waals surface area contributed by atoms with E-state index in [2.05, 4.69) is 15.3 Å². The van der Waals surface area contributed by atoms with Gasteiger partial charge in [-0.2, -0.15) is 0 Å². The van der Waals surface area contributed by atoms with Crippen molar-refractivity contribution in [2.24, 2.45) is 7.05 Å². The molecular weight excluding hydrogens is 474 g/mol. The first-order chi connectivity index (χ1) is 15.2. The van der Waals surface area contributed by atoms with Crippen LogP contribution in [0.5, 0.6) is 0 Å². The van der Waals surface area contributed by atoms with Crippen molar-refractivity contribution in [3.8, 4) is 11.3 Å². The van der Waals surface area contributed by atoms with Crippen molar-refractivity contribution >= 4 is 55.7 Å². The first kappa shape index (κ1) is 22.6. The second-order valence-electron chi connectivity index (χ2n) is 7.14. The van der Waals surface area contributed by atoms with E-state index in [1.165, 1.54) is 45.1 Å². The third kappa shape index (κ3) is 4.19. The van der Waals surface area contributed by atoms with Crippen molar-refractivity contribution in [1.29, 1.82) is 0 Å². The molecule has 6 nitrogen and oxygen atoms in total. The van der Waals surface area contributed by atoms with Crippen molar-refractivity contribution in [2.75, 3.05) is 5.32 Å². The monoisotopic (exact) mass is 492 g/mol. The minimum Gasteiger partial charge on any atom is -0.301 e. The van der Waals surface area contributed by atoms with E-state index in [-0.39, 0.29) is 11.5 Å². The van der Waals surface area contributed by atoms with E-state index in [0.717, 1.165) is 22.6 Å². The SMILES string of the molecule is Cc1sc2nc(SC(C)C(=O)Nc3nc(-c4ccc(F)c(F)c4)cs3)n(C)c(=O)c2c1C. The number of rotatable bonds is 5. The molecule has 0 spiro atoms. The van der Waals surface area contributed by atoms with Gasteiger partial charge in [0, 0.05) is 22.9 Å². The summed E-state index contributed by atoms with van der Waals surface area (Å²) < 4.78 is 28.1. The van der Waals surface area contributed by atoms with E-state index in [0.29, 0.717) is 31.8 Å². The highest BCUT2D eigenvalue weighted by atomic mass is 32.2. The maximum Gasteiger partial charge on any atom is 0.262 e. The van der Waals surface area contributed by atoms with Crippen molar-refractivity contribution in [3.05, 3.63) is 56.0 Å². The van der Waals surface area contributed by atoms with Crippen LogP contribution in [0.4, 0.5) is 13.9 Å². The minimum atomic E-state index is -0.961. The van der Waals surface area contributed by atoms with Crippen LogP contribution in [0.25, 0.3) is 21.5 Å². The van der Waals surface area contributed by atoms with E-state index in [9.17, 15) is 18.4 Å². The van der Waals surface area contributed by atoms with Crippen molar-refractivity contribution in [2.45, 2.75) is 31.2 Å². The van der Waals surface area contributed by atoms with Gasteiger partial charge < -0.3 is 5.32 Å². The Kier molecular flexibility index (Phi) is 6.15. The number of hydrogen-bond donors (Lipinski definition) is 1. The normalized spacial score (nSPS) is 12.3. The van der Waals surface area contributed by atoms with E-state index >= 15 is 0 Å². The molecule has 1 aromatic carbocycles. The molecule has 0 saturated carbocycles. The van der Waals surface area contributed by atoms with Gasteiger partial charge in [-0.1, -0.05) is 11.8 Å². The second kappa shape index (κ2) is 8.72. The zero-order valence-electron chi connectivity index (χ0n) is 17.5. The Morgan fingerprint density at radius 3 is 2.69 bits per heavy atom. The summed E-state index contributed by atoms with van der Waals surface area (Å²) in [5.41, 5.74) is 1.64. The molecule has 0 aliphatic heterocycles. The number of carbonyl (C=O) groups excluding carboxylic acids is 1. The lowest BCUT2D eigenvalue weighted by atomic mass is 10.2. The molecule has 1 unspecified atom stereocenters. The molecule has 0 radical (unpaired) electrons. The number of anilines is 1. The number of amides is 1. The van der Waals surface area contributed by atoms with E-state index in [1.54, 1.807) is 19.4 Å². The fraction of sp³-hybridized carbons (Fsp3) is 0.238. The van der Waals surface area contributed by atoms with Crippen LogP contribution in [-0.2, 0) is 11.8 Å². The predicted octanol–water partition coefficient (Wildman–Crippen LogP) is 5.13. The number of thioether (sulfide) groups is 1. The average Bonchev–Trinajstić information content (AvgIpc) is 3.32. The van der Waals surface area contributed by atoms with Crippen LogP contribution in [0.3, 0.4) is 0 Å². The first-order valence-electron chi connectivity index (χ1n) is 9.51. The lowest BCUT2D eigenvalue weighted by Gasteiger charge is -2.12. The number of thiophene rings is 1. The van der Waals surface area contributed by atoms with Gasteiger partial charge >= 0.3 is 0 Å². The predicted molar refractivity (Wildman–Crippen MR) is 126 cm³/mol. The Morgan fingerprint density at radius 1 is 1.22 bits per heavy atom. The Bertz CT molecular complexity index is 1410. The van der Waals surface area contributed by atoms with Crippen molar-refractivity contribution in [1.82, 2.24) is 14.5 Å². The molecule has 166 valence electrons. The molecule has 11 heteroatoms. The largest absolute Gasteiger partial charge is 0.301 e. The number of aryl methyl sites for hydroxylation is 2. The van der Waals surface area contributed by atoms with Crippen molar-refractivity contribution in [3.63, 3.8) is 0 Å².